The molecule has 0 atom stereocenters. The summed E-state index contributed by atoms with van der Waals surface area (Å²) in [5, 5.41) is 19.5. The molecule has 0 fully saturated rings. The SMILES string of the molecule is CN(C(=O)c1ccc([N+](=O)[O-])cc1)C(C)(C)C(=O)O. The molecular formula is C12H14N2O5. The van der Waals surface area contributed by atoms with Gasteiger partial charge in [0.05, 0.1) is 4.92 Å². The fourth-order valence-electron chi connectivity index (χ4n) is 1.32. The lowest BCUT2D eigenvalue weighted by molar-refractivity contribution is -0.384. The van der Waals surface area contributed by atoms with E-state index in [0.29, 0.717) is 0 Å². The normalized spacial score (nSPS) is 10.9. The lowest BCUT2D eigenvalue weighted by Gasteiger charge is -2.31. The smallest absolute Gasteiger partial charge is 0.329 e. The van der Waals surface area contributed by atoms with Crippen LogP contribution in [0, 0.1) is 10.1 Å². The number of carbonyl (C=O) groups is 2. The molecule has 0 unspecified atom stereocenters. The standard InChI is InChI=1S/C12H14N2O5/c1-12(2,11(16)17)13(3)10(15)8-4-6-9(7-5-8)14(18)19/h4-7H,1-3H3,(H,16,17). The lowest BCUT2D eigenvalue weighted by atomic mass is 10.0. The second-order valence-corrected chi connectivity index (χ2v) is 4.53. The van der Waals surface area contributed by atoms with Crippen LogP contribution in [0.2, 0.25) is 0 Å². The number of aliphatic carboxylic acids is 1. The van der Waals surface area contributed by atoms with Crippen molar-refractivity contribution in [2.24, 2.45) is 0 Å². The number of amides is 1. The Morgan fingerprint density at radius 1 is 1.26 bits per heavy atom. The number of non-ortho nitro benzene ring substituents is 1. The fraction of sp³-hybridized carbons (Fsp3) is 0.333. The Labute approximate surface area is 109 Å². The first kappa shape index (κ1) is 14.6. The summed E-state index contributed by atoms with van der Waals surface area (Å²) < 4.78 is 0. The fourth-order valence-corrected chi connectivity index (χ4v) is 1.32. The monoisotopic (exact) mass is 266 g/mol. The number of nitrogens with zero attached hydrogens (tertiary/aromatic N) is 2. The molecule has 0 aliphatic rings. The van der Waals surface area contributed by atoms with E-state index in [4.69, 9.17) is 5.11 Å². The number of likely N-dealkylation sites (N-methyl/N-ethyl adjacent to an activating group) is 1. The molecule has 0 heterocycles. The summed E-state index contributed by atoms with van der Waals surface area (Å²) in [6, 6.07) is 5.01. The third-order valence-electron chi connectivity index (χ3n) is 2.99. The largest absolute Gasteiger partial charge is 0.480 e. The number of rotatable bonds is 4. The third-order valence-corrected chi connectivity index (χ3v) is 2.99. The van der Waals surface area contributed by atoms with Gasteiger partial charge in [0, 0.05) is 24.7 Å². The van der Waals surface area contributed by atoms with Gasteiger partial charge in [-0.2, -0.15) is 0 Å². The Kier molecular flexibility index (Phi) is 3.89. The van der Waals surface area contributed by atoms with Gasteiger partial charge >= 0.3 is 5.97 Å². The van der Waals surface area contributed by atoms with E-state index >= 15 is 0 Å². The highest BCUT2D eigenvalue weighted by Gasteiger charge is 2.35. The maximum absolute atomic E-state index is 12.1. The van der Waals surface area contributed by atoms with Crippen molar-refractivity contribution in [3.63, 3.8) is 0 Å². The van der Waals surface area contributed by atoms with Crippen molar-refractivity contribution in [2.45, 2.75) is 19.4 Å². The predicted octanol–water partition coefficient (Wildman–Crippen LogP) is 1.53. The number of carboxylic acids is 1. The predicted molar refractivity (Wildman–Crippen MR) is 66.9 cm³/mol. The summed E-state index contributed by atoms with van der Waals surface area (Å²) in [5.74, 6) is -1.65. The van der Waals surface area contributed by atoms with Gasteiger partial charge in [0.25, 0.3) is 11.6 Å². The zero-order valence-corrected chi connectivity index (χ0v) is 10.8. The maximum Gasteiger partial charge on any atom is 0.329 e. The van der Waals surface area contributed by atoms with E-state index in [1.54, 1.807) is 0 Å². The van der Waals surface area contributed by atoms with Gasteiger partial charge in [0.1, 0.15) is 5.54 Å². The Hall–Kier alpha value is -2.44. The number of benzene rings is 1. The molecule has 0 saturated heterocycles. The number of carbonyl (C=O) groups excluding carboxylic acids is 1. The summed E-state index contributed by atoms with van der Waals surface area (Å²) in [6.07, 6.45) is 0. The minimum Gasteiger partial charge on any atom is -0.480 e. The van der Waals surface area contributed by atoms with Gasteiger partial charge < -0.3 is 10.0 Å². The Balaban J connectivity index is 3.01. The van der Waals surface area contributed by atoms with Gasteiger partial charge in [-0.25, -0.2) is 4.79 Å². The van der Waals surface area contributed by atoms with Crippen molar-refractivity contribution in [3.8, 4) is 0 Å². The van der Waals surface area contributed by atoms with Crippen molar-refractivity contribution >= 4 is 17.6 Å². The van der Waals surface area contributed by atoms with Gasteiger partial charge in [-0.1, -0.05) is 0 Å². The highest BCUT2D eigenvalue weighted by atomic mass is 16.6. The highest BCUT2D eigenvalue weighted by molar-refractivity contribution is 5.97. The highest BCUT2D eigenvalue weighted by Crippen LogP contribution is 2.18. The van der Waals surface area contributed by atoms with Gasteiger partial charge in [-0.15, -0.1) is 0 Å². The number of carboxylic acid groups (broad SMARTS) is 1. The molecule has 1 amide bonds. The first-order valence-corrected chi connectivity index (χ1v) is 5.44. The second-order valence-electron chi connectivity index (χ2n) is 4.53. The molecule has 0 aromatic heterocycles. The van der Waals surface area contributed by atoms with Crippen molar-refractivity contribution < 1.29 is 19.6 Å². The van der Waals surface area contributed by atoms with Crippen LogP contribution >= 0.6 is 0 Å². The Morgan fingerprint density at radius 2 is 1.74 bits per heavy atom. The van der Waals surface area contributed by atoms with Crippen LogP contribution in [0.15, 0.2) is 24.3 Å². The number of hydrogen-bond acceptors (Lipinski definition) is 4. The molecule has 102 valence electrons. The van der Waals surface area contributed by atoms with E-state index < -0.39 is 22.3 Å². The second kappa shape index (κ2) is 5.05. The average molecular weight is 266 g/mol. The topological polar surface area (TPSA) is 101 Å². The third kappa shape index (κ3) is 2.87. The first-order valence-electron chi connectivity index (χ1n) is 5.44. The molecule has 0 aliphatic heterocycles. The van der Waals surface area contributed by atoms with E-state index in [0.717, 1.165) is 4.90 Å². The van der Waals surface area contributed by atoms with Gasteiger partial charge in [-0.3, -0.25) is 14.9 Å². The van der Waals surface area contributed by atoms with Crippen LogP contribution in [-0.4, -0.2) is 39.4 Å². The molecule has 0 radical (unpaired) electrons. The van der Waals surface area contributed by atoms with Crippen molar-refractivity contribution in [1.29, 1.82) is 0 Å². The minimum absolute atomic E-state index is 0.128. The van der Waals surface area contributed by atoms with Crippen molar-refractivity contribution in [3.05, 3.63) is 39.9 Å². The Bertz CT molecular complexity index is 521. The molecule has 0 spiro atoms. The van der Waals surface area contributed by atoms with E-state index in [1.807, 2.05) is 0 Å². The van der Waals surface area contributed by atoms with Crippen LogP contribution in [0.5, 0.6) is 0 Å². The molecule has 1 aromatic carbocycles. The molecular weight excluding hydrogens is 252 g/mol. The summed E-state index contributed by atoms with van der Waals surface area (Å²) in [4.78, 5) is 34.1. The molecule has 1 rings (SSSR count). The lowest BCUT2D eigenvalue weighted by Crippen LogP contribution is -2.50. The number of nitro benzene ring substituents is 1. The zero-order valence-electron chi connectivity index (χ0n) is 10.8. The Morgan fingerprint density at radius 3 is 2.11 bits per heavy atom. The minimum atomic E-state index is -1.36. The van der Waals surface area contributed by atoms with E-state index in [9.17, 15) is 19.7 Å². The van der Waals surface area contributed by atoms with Crippen LogP contribution in [0.25, 0.3) is 0 Å². The number of hydrogen-bond donors (Lipinski definition) is 1. The maximum atomic E-state index is 12.1. The van der Waals surface area contributed by atoms with Crippen LogP contribution in [0.4, 0.5) is 5.69 Å². The van der Waals surface area contributed by atoms with Crippen molar-refractivity contribution in [2.75, 3.05) is 7.05 Å². The first-order chi connectivity index (χ1) is 8.67. The molecule has 7 nitrogen and oxygen atoms in total. The molecule has 0 aliphatic carbocycles. The van der Waals surface area contributed by atoms with Crippen LogP contribution < -0.4 is 0 Å². The molecule has 0 bridgehead atoms. The molecule has 7 heteroatoms. The molecule has 1 aromatic rings. The van der Waals surface area contributed by atoms with Crippen LogP contribution in [-0.2, 0) is 4.79 Å². The van der Waals surface area contributed by atoms with Crippen LogP contribution in [0.3, 0.4) is 0 Å². The molecule has 0 saturated carbocycles. The molecule has 1 N–H and O–H groups in total. The van der Waals surface area contributed by atoms with Crippen LogP contribution in [0.1, 0.15) is 24.2 Å². The van der Waals surface area contributed by atoms with Gasteiger partial charge in [-0.05, 0) is 26.0 Å². The van der Waals surface area contributed by atoms with E-state index in [1.165, 1.54) is 45.2 Å². The average Bonchev–Trinajstić information content (AvgIpc) is 2.36. The number of nitro groups is 1. The van der Waals surface area contributed by atoms with Gasteiger partial charge in [0.2, 0.25) is 0 Å². The van der Waals surface area contributed by atoms with Crippen molar-refractivity contribution in [1.82, 2.24) is 4.90 Å². The quantitative estimate of drug-likeness (QED) is 0.657. The zero-order chi connectivity index (χ0) is 14.8. The van der Waals surface area contributed by atoms with E-state index in [2.05, 4.69) is 0 Å². The van der Waals surface area contributed by atoms with Gasteiger partial charge in [0.15, 0.2) is 0 Å². The molecule has 19 heavy (non-hydrogen) atoms. The summed E-state index contributed by atoms with van der Waals surface area (Å²) >= 11 is 0. The summed E-state index contributed by atoms with van der Waals surface area (Å²) in [7, 11) is 1.37. The summed E-state index contributed by atoms with van der Waals surface area (Å²) in [6.45, 7) is 2.80. The van der Waals surface area contributed by atoms with E-state index in [-0.39, 0.29) is 11.3 Å². The summed E-state index contributed by atoms with van der Waals surface area (Å²) in [5.41, 5.74) is -1.29.